The molecule has 0 aliphatic heterocycles. The molecule has 0 spiro atoms. The number of nitrogen functional groups attached to an aromatic ring is 1. The number of fused-ring (bicyclic) bond motifs is 1. The van der Waals surface area contributed by atoms with Crippen molar-refractivity contribution in [1.82, 2.24) is 5.32 Å². The average molecular weight is 232 g/mol. The Labute approximate surface area is 99.8 Å². The second kappa shape index (κ2) is 4.91. The Morgan fingerprint density at radius 3 is 3.06 bits per heavy atom. The van der Waals surface area contributed by atoms with Crippen molar-refractivity contribution in [3.8, 4) is 0 Å². The van der Waals surface area contributed by atoms with Crippen LogP contribution in [0.25, 0.3) is 11.0 Å². The number of rotatable bonds is 4. The van der Waals surface area contributed by atoms with Crippen molar-refractivity contribution >= 4 is 22.6 Å². The van der Waals surface area contributed by atoms with Crippen molar-refractivity contribution in [2.24, 2.45) is 0 Å². The molecule has 1 amide bonds. The second-order valence-corrected chi connectivity index (χ2v) is 4.04. The minimum atomic E-state index is 0.0670. The van der Waals surface area contributed by atoms with Crippen LogP contribution in [0.2, 0.25) is 0 Å². The topological polar surface area (TPSA) is 68.3 Å². The van der Waals surface area contributed by atoms with Crippen molar-refractivity contribution in [1.29, 1.82) is 0 Å². The first-order valence-corrected chi connectivity index (χ1v) is 5.67. The van der Waals surface area contributed by atoms with E-state index >= 15 is 0 Å². The van der Waals surface area contributed by atoms with Crippen LogP contribution in [0.3, 0.4) is 0 Å². The maximum absolute atomic E-state index is 11.1. The van der Waals surface area contributed by atoms with Gasteiger partial charge in [-0.05, 0) is 36.6 Å². The molecule has 4 nitrogen and oxygen atoms in total. The van der Waals surface area contributed by atoms with E-state index in [1.54, 1.807) is 13.3 Å². The standard InChI is InChI=1S/C13H16N2O2/c1-15-13(16)4-2-3-9-8-17-12-6-5-10(14)7-11(9)12/h5-8H,2-4,14H2,1H3,(H,15,16). The van der Waals surface area contributed by atoms with E-state index in [9.17, 15) is 4.79 Å². The summed E-state index contributed by atoms with van der Waals surface area (Å²) < 4.78 is 5.43. The van der Waals surface area contributed by atoms with Crippen LogP contribution in [0, 0.1) is 0 Å². The van der Waals surface area contributed by atoms with E-state index in [1.165, 1.54) is 0 Å². The highest BCUT2D eigenvalue weighted by atomic mass is 16.3. The Hall–Kier alpha value is -1.97. The van der Waals surface area contributed by atoms with Crippen molar-refractivity contribution in [2.75, 3.05) is 12.8 Å². The first kappa shape index (κ1) is 11.5. The van der Waals surface area contributed by atoms with Crippen LogP contribution < -0.4 is 11.1 Å². The van der Waals surface area contributed by atoms with E-state index in [-0.39, 0.29) is 5.91 Å². The number of benzene rings is 1. The molecule has 0 aliphatic rings. The molecule has 0 atom stereocenters. The maximum atomic E-state index is 11.1. The molecule has 0 radical (unpaired) electrons. The number of carbonyl (C=O) groups excluding carboxylic acids is 1. The molecule has 0 bridgehead atoms. The Bertz CT molecular complexity index is 531. The summed E-state index contributed by atoms with van der Waals surface area (Å²) in [4.78, 5) is 11.1. The molecule has 0 fully saturated rings. The lowest BCUT2D eigenvalue weighted by atomic mass is 10.1. The van der Waals surface area contributed by atoms with Gasteiger partial charge >= 0.3 is 0 Å². The Morgan fingerprint density at radius 1 is 1.47 bits per heavy atom. The molecule has 90 valence electrons. The highest BCUT2D eigenvalue weighted by molar-refractivity contribution is 5.84. The second-order valence-electron chi connectivity index (χ2n) is 4.04. The number of aryl methyl sites for hydroxylation is 1. The summed E-state index contributed by atoms with van der Waals surface area (Å²) in [5.41, 5.74) is 8.42. The Morgan fingerprint density at radius 2 is 2.29 bits per heavy atom. The molecule has 1 aromatic carbocycles. The largest absolute Gasteiger partial charge is 0.464 e. The normalized spacial score (nSPS) is 10.6. The van der Waals surface area contributed by atoms with Crippen molar-refractivity contribution < 1.29 is 9.21 Å². The SMILES string of the molecule is CNC(=O)CCCc1coc2ccc(N)cc12. The first-order chi connectivity index (χ1) is 8.20. The summed E-state index contributed by atoms with van der Waals surface area (Å²) >= 11 is 0. The third kappa shape index (κ3) is 2.58. The van der Waals surface area contributed by atoms with Gasteiger partial charge in [0, 0.05) is 24.5 Å². The van der Waals surface area contributed by atoms with E-state index < -0.39 is 0 Å². The van der Waals surface area contributed by atoms with Gasteiger partial charge in [-0.3, -0.25) is 4.79 Å². The van der Waals surface area contributed by atoms with Crippen LogP contribution in [-0.4, -0.2) is 13.0 Å². The van der Waals surface area contributed by atoms with Gasteiger partial charge < -0.3 is 15.5 Å². The number of carbonyl (C=O) groups is 1. The smallest absolute Gasteiger partial charge is 0.219 e. The van der Waals surface area contributed by atoms with E-state index in [4.69, 9.17) is 10.2 Å². The van der Waals surface area contributed by atoms with Crippen molar-refractivity contribution in [3.05, 3.63) is 30.0 Å². The van der Waals surface area contributed by atoms with Crippen LogP contribution >= 0.6 is 0 Å². The molecule has 4 heteroatoms. The van der Waals surface area contributed by atoms with Crippen LogP contribution in [0.4, 0.5) is 5.69 Å². The average Bonchev–Trinajstić information content (AvgIpc) is 2.72. The van der Waals surface area contributed by atoms with Crippen LogP contribution in [0.1, 0.15) is 18.4 Å². The van der Waals surface area contributed by atoms with E-state index in [2.05, 4.69) is 5.32 Å². The Kier molecular flexibility index (Phi) is 3.32. The summed E-state index contributed by atoms with van der Waals surface area (Å²) in [6.07, 6.45) is 3.91. The molecule has 1 aromatic heterocycles. The highest BCUT2D eigenvalue weighted by Gasteiger charge is 2.07. The molecule has 0 aliphatic carbocycles. The summed E-state index contributed by atoms with van der Waals surface area (Å²) in [6, 6.07) is 5.60. The molecular formula is C13H16N2O2. The number of hydrogen-bond acceptors (Lipinski definition) is 3. The summed E-state index contributed by atoms with van der Waals surface area (Å²) in [5.74, 6) is 0.0670. The van der Waals surface area contributed by atoms with Gasteiger partial charge in [0.05, 0.1) is 6.26 Å². The van der Waals surface area contributed by atoms with Gasteiger partial charge in [0.25, 0.3) is 0 Å². The molecule has 1 heterocycles. The number of nitrogens with two attached hydrogens (primary N) is 1. The van der Waals surface area contributed by atoms with Crippen LogP contribution in [0.15, 0.2) is 28.9 Å². The van der Waals surface area contributed by atoms with Gasteiger partial charge in [0.2, 0.25) is 5.91 Å². The molecule has 3 N–H and O–H groups in total. The highest BCUT2D eigenvalue weighted by Crippen LogP contribution is 2.24. The summed E-state index contributed by atoms with van der Waals surface area (Å²) in [5, 5.41) is 3.65. The number of amides is 1. The van der Waals surface area contributed by atoms with E-state index in [1.807, 2.05) is 18.2 Å². The quantitative estimate of drug-likeness (QED) is 0.793. The lowest BCUT2D eigenvalue weighted by Gasteiger charge is -1.99. The zero-order chi connectivity index (χ0) is 12.3. The van der Waals surface area contributed by atoms with Gasteiger partial charge in [-0.1, -0.05) is 0 Å². The van der Waals surface area contributed by atoms with Crippen molar-refractivity contribution in [2.45, 2.75) is 19.3 Å². The number of hydrogen-bond donors (Lipinski definition) is 2. The van der Waals surface area contributed by atoms with Gasteiger partial charge in [-0.2, -0.15) is 0 Å². The number of furan rings is 1. The lowest BCUT2D eigenvalue weighted by Crippen LogP contribution is -2.17. The van der Waals surface area contributed by atoms with Gasteiger partial charge in [-0.25, -0.2) is 0 Å². The monoisotopic (exact) mass is 232 g/mol. The summed E-state index contributed by atoms with van der Waals surface area (Å²) in [6.45, 7) is 0. The van der Waals surface area contributed by atoms with Gasteiger partial charge in [0.15, 0.2) is 0 Å². The molecule has 0 saturated heterocycles. The minimum Gasteiger partial charge on any atom is -0.464 e. The maximum Gasteiger partial charge on any atom is 0.219 e. The van der Waals surface area contributed by atoms with Crippen molar-refractivity contribution in [3.63, 3.8) is 0 Å². The molecular weight excluding hydrogens is 216 g/mol. The molecule has 2 aromatic rings. The minimum absolute atomic E-state index is 0.0670. The fourth-order valence-electron chi connectivity index (χ4n) is 1.86. The van der Waals surface area contributed by atoms with Crippen LogP contribution in [-0.2, 0) is 11.2 Å². The molecule has 0 unspecified atom stereocenters. The third-order valence-corrected chi connectivity index (χ3v) is 2.81. The zero-order valence-corrected chi connectivity index (χ0v) is 9.82. The van der Waals surface area contributed by atoms with Gasteiger partial charge in [-0.15, -0.1) is 0 Å². The third-order valence-electron chi connectivity index (χ3n) is 2.81. The fraction of sp³-hybridized carbons (Fsp3) is 0.308. The predicted octanol–water partition coefficient (Wildman–Crippen LogP) is 2.08. The molecule has 17 heavy (non-hydrogen) atoms. The zero-order valence-electron chi connectivity index (χ0n) is 9.82. The van der Waals surface area contributed by atoms with E-state index in [0.717, 1.165) is 35.1 Å². The predicted molar refractivity (Wildman–Crippen MR) is 67.6 cm³/mol. The Balaban J connectivity index is 2.08. The summed E-state index contributed by atoms with van der Waals surface area (Å²) in [7, 11) is 1.65. The first-order valence-electron chi connectivity index (χ1n) is 5.67. The number of nitrogens with one attached hydrogen (secondary N) is 1. The van der Waals surface area contributed by atoms with E-state index in [0.29, 0.717) is 6.42 Å². The number of anilines is 1. The lowest BCUT2D eigenvalue weighted by molar-refractivity contribution is -0.120. The molecule has 2 rings (SSSR count). The fourth-order valence-corrected chi connectivity index (χ4v) is 1.86. The van der Waals surface area contributed by atoms with Gasteiger partial charge in [0.1, 0.15) is 5.58 Å². The molecule has 0 saturated carbocycles. The van der Waals surface area contributed by atoms with Crippen LogP contribution in [0.5, 0.6) is 0 Å².